The number of para-hydroxylation sites is 1. The first-order chi connectivity index (χ1) is 12.0. The lowest BCUT2D eigenvalue weighted by molar-refractivity contribution is -0.124. The molecule has 2 aliphatic heterocycles. The quantitative estimate of drug-likeness (QED) is 0.834. The van der Waals surface area contributed by atoms with Gasteiger partial charge >= 0.3 is 0 Å². The Kier molecular flexibility index (Phi) is 5.66. The van der Waals surface area contributed by atoms with Gasteiger partial charge in [-0.05, 0) is 26.0 Å². The number of rotatable bonds is 5. The van der Waals surface area contributed by atoms with Gasteiger partial charge in [0.2, 0.25) is 11.8 Å². The number of carbonyl (C=O) groups excluding carboxylic acids is 2. The Morgan fingerprint density at radius 2 is 2.08 bits per heavy atom. The van der Waals surface area contributed by atoms with Crippen LogP contribution in [0, 0.1) is 0 Å². The highest BCUT2D eigenvalue weighted by Crippen LogP contribution is 2.36. The summed E-state index contributed by atoms with van der Waals surface area (Å²) in [5.74, 6) is -0.195. The van der Waals surface area contributed by atoms with Crippen molar-refractivity contribution in [2.75, 3.05) is 38.2 Å². The SMILES string of the molecule is CC(C)(CNC(=O)C[C@@H]1Sc2ccccc2NC1=O)N1CCOCC1. The zero-order valence-corrected chi connectivity index (χ0v) is 15.5. The first-order valence-electron chi connectivity index (χ1n) is 8.62. The minimum Gasteiger partial charge on any atom is -0.379 e. The molecule has 2 N–H and O–H groups in total. The summed E-state index contributed by atoms with van der Waals surface area (Å²) in [6, 6.07) is 7.67. The zero-order chi connectivity index (χ0) is 17.9. The van der Waals surface area contributed by atoms with Crippen molar-refractivity contribution in [2.45, 2.75) is 36.0 Å². The average molecular weight is 363 g/mol. The molecular formula is C18H25N3O3S. The smallest absolute Gasteiger partial charge is 0.238 e. The zero-order valence-electron chi connectivity index (χ0n) is 14.7. The third kappa shape index (κ3) is 4.54. The van der Waals surface area contributed by atoms with Crippen LogP contribution in [0.4, 0.5) is 5.69 Å². The monoisotopic (exact) mass is 363 g/mol. The lowest BCUT2D eigenvalue weighted by Crippen LogP contribution is -2.55. The van der Waals surface area contributed by atoms with E-state index < -0.39 is 0 Å². The molecule has 2 amide bonds. The van der Waals surface area contributed by atoms with E-state index in [4.69, 9.17) is 4.74 Å². The van der Waals surface area contributed by atoms with Crippen LogP contribution < -0.4 is 10.6 Å². The van der Waals surface area contributed by atoms with Crippen LogP contribution in [0.3, 0.4) is 0 Å². The molecule has 3 rings (SSSR count). The van der Waals surface area contributed by atoms with Crippen LogP contribution in [-0.4, -0.2) is 60.4 Å². The highest BCUT2D eigenvalue weighted by Gasteiger charge is 2.31. The number of amides is 2. The van der Waals surface area contributed by atoms with Gasteiger partial charge in [-0.25, -0.2) is 0 Å². The lowest BCUT2D eigenvalue weighted by atomic mass is 10.0. The number of anilines is 1. The number of hydrogen-bond donors (Lipinski definition) is 2. The number of ether oxygens (including phenoxy) is 1. The second kappa shape index (κ2) is 7.76. The topological polar surface area (TPSA) is 70.7 Å². The summed E-state index contributed by atoms with van der Waals surface area (Å²) in [5.41, 5.74) is 0.691. The van der Waals surface area contributed by atoms with Crippen molar-refractivity contribution < 1.29 is 14.3 Å². The summed E-state index contributed by atoms with van der Waals surface area (Å²) in [5, 5.41) is 5.49. The molecule has 0 bridgehead atoms. The highest BCUT2D eigenvalue weighted by molar-refractivity contribution is 8.01. The number of fused-ring (bicyclic) bond motifs is 1. The predicted octanol–water partition coefficient (Wildman–Crippen LogP) is 1.72. The van der Waals surface area contributed by atoms with Gasteiger partial charge < -0.3 is 15.4 Å². The molecular weight excluding hydrogens is 338 g/mol. The number of nitrogens with one attached hydrogen (secondary N) is 2. The fourth-order valence-corrected chi connectivity index (χ4v) is 4.17. The van der Waals surface area contributed by atoms with E-state index in [2.05, 4.69) is 29.4 Å². The molecule has 25 heavy (non-hydrogen) atoms. The normalized spacial score (nSPS) is 21.4. The largest absolute Gasteiger partial charge is 0.379 e. The Balaban J connectivity index is 1.51. The van der Waals surface area contributed by atoms with Gasteiger partial charge in [-0.15, -0.1) is 11.8 Å². The Hall–Kier alpha value is -1.57. The van der Waals surface area contributed by atoms with E-state index in [0.29, 0.717) is 6.54 Å². The van der Waals surface area contributed by atoms with E-state index in [0.717, 1.165) is 36.9 Å². The maximum absolute atomic E-state index is 12.4. The van der Waals surface area contributed by atoms with Crippen LogP contribution in [-0.2, 0) is 14.3 Å². The third-order valence-corrected chi connectivity index (χ3v) is 5.94. The Bertz CT molecular complexity index is 644. The summed E-state index contributed by atoms with van der Waals surface area (Å²) in [7, 11) is 0. The van der Waals surface area contributed by atoms with Crippen molar-refractivity contribution in [3.63, 3.8) is 0 Å². The predicted molar refractivity (Wildman–Crippen MR) is 98.8 cm³/mol. The van der Waals surface area contributed by atoms with Crippen LogP contribution in [0.2, 0.25) is 0 Å². The number of nitrogens with zero attached hydrogens (tertiary/aromatic N) is 1. The van der Waals surface area contributed by atoms with Gasteiger partial charge in [-0.2, -0.15) is 0 Å². The fourth-order valence-electron chi connectivity index (χ4n) is 3.06. The van der Waals surface area contributed by atoms with E-state index in [1.807, 2.05) is 24.3 Å². The van der Waals surface area contributed by atoms with Crippen LogP contribution in [0.25, 0.3) is 0 Å². The van der Waals surface area contributed by atoms with Gasteiger partial charge in [-0.3, -0.25) is 14.5 Å². The number of benzene rings is 1. The lowest BCUT2D eigenvalue weighted by Gasteiger charge is -2.40. The van der Waals surface area contributed by atoms with Crippen LogP contribution in [0.5, 0.6) is 0 Å². The Morgan fingerprint density at radius 3 is 2.84 bits per heavy atom. The van der Waals surface area contributed by atoms with Crippen molar-refractivity contribution >= 4 is 29.3 Å². The molecule has 6 nitrogen and oxygen atoms in total. The van der Waals surface area contributed by atoms with E-state index in [1.165, 1.54) is 11.8 Å². The molecule has 1 saturated heterocycles. The number of morpholine rings is 1. The van der Waals surface area contributed by atoms with Crippen molar-refractivity contribution in [3.8, 4) is 0 Å². The molecule has 0 radical (unpaired) electrons. The average Bonchev–Trinajstić information content (AvgIpc) is 2.61. The second-order valence-corrected chi connectivity index (χ2v) is 8.23. The van der Waals surface area contributed by atoms with Gasteiger partial charge in [0.25, 0.3) is 0 Å². The highest BCUT2D eigenvalue weighted by atomic mass is 32.2. The number of hydrogen-bond acceptors (Lipinski definition) is 5. The molecule has 0 aliphatic carbocycles. The Morgan fingerprint density at radius 1 is 1.36 bits per heavy atom. The van der Waals surface area contributed by atoms with E-state index in [1.54, 1.807) is 0 Å². The maximum Gasteiger partial charge on any atom is 0.238 e. The van der Waals surface area contributed by atoms with Crippen molar-refractivity contribution in [1.82, 2.24) is 10.2 Å². The molecule has 0 saturated carbocycles. The molecule has 0 spiro atoms. The Labute approximate surface area is 152 Å². The van der Waals surface area contributed by atoms with Crippen molar-refractivity contribution in [1.29, 1.82) is 0 Å². The molecule has 2 aliphatic rings. The molecule has 1 aromatic rings. The molecule has 1 fully saturated rings. The minimum absolute atomic E-state index is 0.0895. The van der Waals surface area contributed by atoms with Gasteiger partial charge in [0, 0.05) is 36.5 Å². The molecule has 136 valence electrons. The van der Waals surface area contributed by atoms with Crippen molar-refractivity contribution in [3.05, 3.63) is 24.3 Å². The van der Waals surface area contributed by atoms with Crippen molar-refractivity contribution in [2.24, 2.45) is 0 Å². The molecule has 2 heterocycles. The standard InChI is InChI=1S/C18H25N3O3S/c1-18(2,21-7-9-24-10-8-21)12-19-16(22)11-15-17(23)20-13-5-3-4-6-14(13)25-15/h3-6,15H,7-12H2,1-2H3,(H,19,22)(H,20,23)/t15-/m0/s1. The van der Waals surface area contributed by atoms with Gasteiger partial charge in [0.05, 0.1) is 24.2 Å². The van der Waals surface area contributed by atoms with E-state index in [9.17, 15) is 9.59 Å². The fraction of sp³-hybridized carbons (Fsp3) is 0.556. The molecule has 1 atom stereocenters. The summed E-state index contributed by atoms with van der Waals surface area (Å²) in [4.78, 5) is 27.9. The summed E-state index contributed by atoms with van der Waals surface area (Å²) >= 11 is 1.46. The van der Waals surface area contributed by atoms with Gasteiger partial charge in [0.1, 0.15) is 0 Å². The number of carbonyl (C=O) groups is 2. The van der Waals surface area contributed by atoms with Gasteiger partial charge in [-0.1, -0.05) is 12.1 Å². The minimum atomic E-state index is -0.388. The maximum atomic E-state index is 12.4. The first kappa shape index (κ1) is 18.2. The summed E-state index contributed by atoms with van der Waals surface area (Å²) in [6.45, 7) is 8.02. The number of thioether (sulfide) groups is 1. The summed E-state index contributed by atoms with van der Waals surface area (Å²) < 4.78 is 5.39. The molecule has 0 aromatic heterocycles. The first-order valence-corrected chi connectivity index (χ1v) is 9.50. The molecule has 1 aromatic carbocycles. The summed E-state index contributed by atoms with van der Waals surface area (Å²) in [6.07, 6.45) is 0.185. The van der Waals surface area contributed by atoms with Crippen LogP contribution >= 0.6 is 11.8 Å². The van der Waals surface area contributed by atoms with E-state index in [-0.39, 0.29) is 29.0 Å². The molecule has 7 heteroatoms. The van der Waals surface area contributed by atoms with Gasteiger partial charge in [0.15, 0.2) is 0 Å². The third-order valence-electron chi connectivity index (χ3n) is 4.66. The van der Waals surface area contributed by atoms with E-state index >= 15 is 0 Å². The van der Waals surface area contributed by atoms with Crippen LogP contribution in [0.15, 0.2) is 29.2 Å². The second-order valence-electron chi connectivity index (χ2n) is 6.98. The van der Waals surface area contributed by atoms with Crippen LogP contribution in [0.1, 0.15) is 20.3 Å². The molecule has 0 unspecified atom stereocenters.